The van der Waals surface area contributed by atoms with E-state index in [2.05, 4.69) is 0 Å². The predicted octanol–water partition coefficient (Wildman–Crippen LogP) is 0.998. The van der Waals surface area contributed by atoms with Crippen molar-refractivity contribution in [3.8, 4) is 5.75 Å². The Kier molecular flexibility index (Phi) is 5.87. The van der Waals surface area contributed by atoms with Gasteiger partial charge in [-0.25, -0.2) is 8.42 Å². The van der Waals surface area contributed by atoms with Crippen LogP contribution in [-0.4, -0.2) is 54.0 Å². The summed E-state index contributed by atoms with van der Waals surface area (Å²) in [4.78, 5) is 13.7. The van der Waals surface area contributed by atoms with E-state index in [0.29, 0.717) is 18.1 Å². The van der Waals surface area contributed by atoms with E-state index in [1.54, 1.807) is 0 Å². The Labute approximate surface area is 161 Å². The minimum absolute atomic E-state index is 0.0561. The first-order valence-electron chi connectivity index (χ1n) is 8.25. The molecule has 0 amide bonds. The van der Waals surface area contributed by atoms with E-state index in [0.717, 1.165) is 6.07 Å². The maximum atomic E-state index is 12.7. The van der Waals surface area contributed by atoms with Crippen molar-refractivity contribution >= 4 is 21.6 Å². The number of halogens is 1. The van der Waals surface area contributed by atoms with Gasteiger partial charge in [0.05, 0.1) is 11.4 Å². The predicted molar refractivity (Wildman–Crippen MR) is 98.1 cm³/mol. The van der Waals surface area contributed by atoms with Crippen LogP contribution in [-0.2, 0) is 23.2 Å². The molecule has 0 unspecified atom stereocenters. The summed E-state index contributed by atoms with van der Waals surface area (Å²) in [5, 5.41) is 19.5. The average Bonchev–Trinajstić information content (AvgIpc) is 2.66. The third-order valence-corrected chi connectivity index (χ3v) is 6.51. The lowest BCUT2D eigenvalue weighted by molar-refractivity contribution is 0.160. The molecule has 146 valence electrons. The van der Waals surface area contributed by atoms with Crippen LogP contribution in [0.5, 0.6) is 5.75 Å². The Bertz CT molecular complexity index is 966. The van der Waals surface area contributed by atoms with Crippen molar-refractivity contribution in [3.05, 3.63) is 57.1 Å². The van der Waals surface area contributed by atoms with Gasteiger partial charge in [-0.15, -0.1) is 0 Å². The second-order valence-corrected chi connectivity index (χ2v) is 8.52. The summed E-state index contributed by atoms with van der Waals surface area (Å²) in [7, 11) is -3.61. The molecule has 0 atom stereocenters. The van der Waals surface area contributed by atoms with Crippen molar-refractivity contribution in [1.29, 1.82) is 0 Å². The van der Waals surface area contributed by atoms with Gasteiger partial charge in [-0.3, -0.25) is 9.69 Å². The Balaban J connectivity index is 1.68. The molecule has 27 heavy (non-hydrogen) atoms. The third kappa shape index (κ3) is 4.33. The van der Waals surface area contributed by atoms with Gasteiger partial charge in [0.2, 0.25) is 21.2 Å². The van der Waals surface area contributed by atoms with Gasteiger partial charge >= 0.3 is 0 Å². The van der Waals surface area contributed by atoms with Crippen LogP contribution in [0.25, 0.3) is 0 Å². The zero-order chi connectivity index (χ0) is 19.6. The molecule has 10 heteroatoms. The van der Waals surface area contributed by atoms with Crippen LogP contribution in [0.1, 0.15) is 11.5 Å². The highest BCUT2D eigenvalue weighted by Gasteiger charge is 2.29. The standard InChI is InChI=1S/C17H19ClN2O6S/c18-12-1-3-14(4-2-12)27(24,25)20-7-5-19(6-8-20)10-16-17(23)15(22)9-13(11-21)26-16/h1-4,9,21,23H,5-8,10-11H2. The van der Waals surface area contributed by atoms with Crippen molar-refractivity contribution in [2.75, 3.05) is 26.2 Å². The van der Waals surface area contributed by atoms with Crippen LogP contribution in [0.3, 0.4) is 0 Å². The number of hydrogen-bond acceptors (Lipinski definition) is 7. The SMILES string of the molecule is O=c1cc(CO)oc(CN2CCN(S(=O)(=O)c3ccc(Cl)cc3)CC2)c1O. The van der Waals surface area contributed by atoms with Crippen LogP contribution in [0.2, 0.25) is 5.02 Å². The zero-order valence-corrected chi connectivity index (χ0v) is 15.9. The summed E-state index contributed by atoms with van der Waals surface area (Å²) in [6.07, 6.45) is 0. The zero-order valence-electron chi connectivity index (χ0n) is 14.3. The fraction of sp³-hybridized carbons (Fsp3) is 0.353. The highest BCUT2D eigenvalue weighted by atomic mass is 35.5. The molecule has 1 saturated heterocycles. The fourth-order valence-electron chi connectivity index (χ4n) is 2.86. The van der Waals surface area contributed by atoms with E-state index in [4.69, 9.17) is 21.1 Å². The van der Waals surface area contributed by atoms with Crippen molar-refractivity contribution in [1.82, 2.24) is 9.21 Å². The second-order valence-electron chi connectivity index (χ2n) is 6.14. The van der Waals surface area contributed by atoms with Crippen LogP contribution in [0, 0.1) is 0 Å². The van der Waals surface area contributed by atoms with Gasteiger partial charge in [0.1, 0.15) is 12.4 Å². The Morgan fingerprint density at radius 1 is 1.11 bits per heavy atom. The van der Waals surface area contributed by atoms with E-state index >= 15 is 0 Å². The monoisotopic (exact) mass is 414 g/mol. The van der Waals surface area contributed by atoms with Gasteiger partial charge in [-0.1, -0.05) is 11.6 Å². The van der Waals surface area contributed by atoms with E-state index in [1.807, 2.05) is 4.90 Å². The first-order chi connectivity index (χ1) is 12.8. The van der Waals surface area contributed by atoms with E-state index in [-0.39, 0.29) is 36.1 Å². The molecule has 2 heterocycles. The Hall–Kier alpha value is -1.91. The van der Waals surface area contributed by atoms with Crippen molar-refractivity contribution in [2.24, 2.45) is 0 Å². The number of nitrogens with zero attached hydrogens (tertiary/aromatic N) is 2. The lowest BCUT2D eigenvalue weighted by atomic mass is 10.2. The maximum absolute atomic E-state index is 12.7. The van der Waals surface area contributed by atoms with E-state index in [9.17, 15) is 18.3 Å². The van der Waals surface area contributed by atoms with Gasteiger partial charge < -0.3 is 14.6 Å². The third-order valence-electron chi connectivity index (χ3n) is 4.35. The van der Waals surface area contributed by atoms with Gasteiger partial charge in [-0.05, 0) is 24.3 Å². The number of sulfonamides is 1. The molecule has 1 aromatic carbocycles. The highest BCUT2D eigenvalue weighted by molar-refractivity contribution is 7.89. The number of aliphatic hydroxyl groups excluding tert-OH is 1. The van der Waals surface area contributed by atoms with Gasteiger partial charge in [-0.2, -0.15) is 4.31 Å². The number of aliphatic hydroxyl groups is 1. The first-order valence-corrected chi connectivity index (χ1v) is 10.1. The molecule has 8 nitrogen and oxygen atoms in total. The Morgan fingerprint density at radius 3 is 2.33 bits per heavy atom. The number of aromatic hydroxyl groups is 1. The lowest BCUT2D eigenvalue weighted by Crippen LogP contribution is -2.48. The van der Waals surface area contributed by atoms with Gasteiger partial charge in [0.25, 0.3) is 0 Å². The summed E-state index contributed by atoms with van der Waals surface area (Å²) in [6, 6.07) is 7.04. The summed E-state index contributed by atoms with van der Waals surface area (Å²) in [6.45, 7) is 1.02. The quantitative estimate of drug-likeness (QED) is 0.750. The van der Waals surface area contributed by atoms with Gasteiger partial charge in [0.15, 0.2) is 5.76 Å². The number of benzene rings is 1. The normalized spacial score (nSPS) is 16.5. The van der Waals surface area contributed by atoms with Crippen LogP contribution < -0.4 is 5.43 Å². The summed E-state index contributed by atoms with van der Waals surface area (Å²) in [5.41, 5.74) is -0.621. The molecular formula is C17H19ClN2O6S. The number of hydrogen-bond donors (Lipinski definition) is 2. The topological polar surface area (TPSA) is 111 Å². The molecule has 0 spiro atoms. The smallest absolute Gasteiger partial charge is 0.243 e. The molecule has 2 N–H and O–H groups in total. The summed E-state index contributed by atoms with van der Waals surface area (Å²) in [5.74, 6) is -0.374. The van der Waals surface area contributed by atoms with E-state index in [1.165, 1.54) is 28.6 Å². The molecule has 1 aliphatic heterocycles. The molecule has 2 aromatic rings. The molecule has 1 aromatic heterocycles. The molecule has 3 rings (SSSR count). The van der Waals surface area contributed by atoms with Crippen LogP contribution >= 0.6 is 11.6 Å². The highest BCUT2D eigenvalue weighted by Crippen LogP contribution is 2.22. The van der Waals surface area contributed by atoms with Crippen LogP contribution in [0.15, 0.2) is 44.4 Å². The van der Waals surface area contributed by atoms with Crippen molar-refractivity contribution in [3.63, 3.8) is 0 Å². The Morgan fingerprint density at radius 2 is 1.74 bits per heavy atom. The minimum atomic E-state index is -3.61. The minimum Gasteiger partial charge on any atom is -0.502 e. The van der Waals surface area contributed by atoms with Crippen LogP contribution in [0.4, 0.5) is 0 Å². The van der Waals surface area contributed by atoms with Gasteiger partial charge in [0, 0.05) is 37.3 Å². The number of piperazine rings is 1. The molecule has 0 bridgehead atoms. The summed E-state index contributed by atoms with van der Waals surface area (Å²) >= 11 is 5.81. The molecular weight excluding hydrogens is 396 g/mol. The molecule has 1 fully saturated rings. The molecule has 0 radical (unpaired) electrons. The number of rotatable bonds is 5. The lowest BCUT2D eigenvalue weighted by Gasteiger charge is -2.33. The average molecular weight is 415 g/mol. The second kappa shape index (κ2) is 7.99. The molecule has 0 saturated carbocycles. The van der Waals surface area contributed by atoms with E-state index < -0.39 is 27.8 Å². The largest absolute Gasteiger partial charge is 0.502 e. The molecule has 1 aliphatic rings. The first kappa shape index (κ1) is 19.8. The van der Waals surface area contributed by atoms with Crippen molar-refractivity contribution in [2.45, 2.75) is 18.0 Å². The van der Waals surface area contributed by atoms with Crippen molar-refractivity contribution < 1.29 is 23.0 Å². The fourth-order valence-corrected chi connectivity index (χ4v) is 4.41. The summed E-state index contributed by atoms with van der Waals surface area (Å²) < 4.78 is 32.1. The maximum Gasteiger partial charge on any atom is 0.243 e. The molecule has 0 aliphatic carbocycles.